The predicted octanol–water partition coefficient (Wildman–Crippen LogP) is 13.1. The van der Waals surface area contributed by atoms with Gasteiger partial charge in [-0.05, 0) is 26.2 Å². The Balaban J connectivity index is 2.36. The van der Waals surface area contributed by atoms with E-state index in [0.29, 0.717) is 12.0 Å². The number of hydrogen-bond donors (Lipinski definition) is 0. The fraction of sp³-hybridized carbons (Fsp3) is 0.917. The predicted molar refractivity (Wildman–Crippen MR) is 171 cm³/mol. The highest BCUT2D eigenvalue weighted by Gasteiger charge is 2.19. The molecule has 1 aromatic rings. The van der Waals surface area contributed by atoms with Gasteiger partial charge in [0.05, 0.1) is 0 Å². The Kier molecular flexibility index (Phi) is 24.5. The fourth-order valence-corrected chi connectivity index (χ4v) is 6.18. The summed E-state index contributed by atoms with van der Waals surface area (Å²) in [5.41, 5.74) is 0. The molecule has 0 bridgehead atoms. The first kappa shape index (κ1) is 35.2. The van der Waals surface area contributed by atoms with E-state index >= 15 is 0 Å². The monoisotopic (exact) mass is 531 g/mol. The Morgan fingerprint density at radius 1 is 0.500 bits per heavy atom. The van der Waals surface area contributed by atoms with E-state index in [1.165, 1.54) is 179 Å². The molecule has 0 aliphatic heterocycles. The van der Waals surface area contributed by atoms with Gasteiger partial charge in [-0.25, -0.2) is 4.98 Å². The van der Waals surface area contributed by atoms with Gasteiger partial charge in [0.15, 0.2) is 0 Å². The lowest BCUT2D eigenvalue weighted by Crippen LogP contribution is -2.13. The molecule has 2 heteroatoms. The molecule has 1 rings (SSSR count). The summed E-state index contributed by atoms with van der Waals surface area (Å²) in [6, 6.07) is 0.590. The van der Waals surface area contributed by atoms with Gasteiger partial charge in [-0.2, -0.15) is 0 Å². The maximum atomic E-state index is 4.96. The van der Waals surface area contributed by atoms with Crippen LogP contribution in [0.25, 0.3) is 0 Å². The lowest BCUT2D eigenvalue weighted by Gasteiger charge is -2.22. The van der Waals surface area contributed by atoms with Crippen LogP contribution < -0.4 is 0 Å². The topological polar surface area (TPSA) is 17.8 Å². The zero-order valence-electron chi connectivity index (χ0n) is 26.8. The lowest BCUT2D eigenvalue weighted by atomic mass is 9.93. The third-order valence-electron chi connectivity index (χ3n) is 8.83. The van der Waals surface area contributed by atoms with E-state index in [4.69, 9.17) is 4.98 Å². The molecule has 0 fully saturated rings. The Morgan fingerprint density at radius 2 is 0.842 bits per heavy atom. The van der Waals surface area contributed by atoms with E-state index < -0.39 is 0 Å². The van der Waals surface area contributed by atoms with Crippen molar-refractivity contribution in [3.8, 4) is 0 Å². The molecule has 0 aliphatic rings. The first-order chi connectivity index (χ1) is 18.7. The van der Waals surface area contributed by atoms with Crippen LogP contribution in [-0.2, 0) is 0 Å². The van der Waals surface area contributed by atoms with Gasteiger partial charge in [0.1, 0.15) is 5.82 Å². The van der Waals surface area contributed by atoms with Crippen LogP contribution in [0.5, 0.6) is 0 Å². The molecule has 0 amide bonds. The summed E-state index contributed by atoms with van der Waals surface area (Å²) in [5.74, 6) is 2.06. The zero-order valence-corrected chi connectivity index (χ0v) is 26.8. The molecule has 1 aromatic heterocycles. The second-order valence-electron chi connectivity index (χ2n) is 12.5. The van der Waals surface area contributed by atoms with E-state index in [1.807, 2.05) is 0 Å². The molecule has 1 heterocycles. The van der Waals surface area contributed by atoms with E-state index in [9.17, 15) is 0 Å². The molecule has 2 atom stereocenters. The number of rotatable bonds is 29. The van der Waals surface area contributed by atoms with E-state index in [0.717, 1.165) is 0 Å². The van der Waals surface area contributed by atoms with E-state index in [1.54, 1.807) is 0 Å². The minimum atomic E-state index is 0.590. The van der Waals surface area contributed by atoms with Crippen molar-refractivity contribution in [1.29, 1.82) is 0 Å². The normalized spacial score (nSPS) is 13.3. The van der Waals surface area contributed by atoms with Gasteiger partial charge in [-0.1, -0.05) is 175 Å². The van der Waals surface area contributed by atoms with Crippen LogP contribution in [0, 0.1) is 0 Å². The van der Waals surface area contributed by atoms with Crippen molar-refractivity contribution in [2.45, 2.75) is 213 Å². The molecular weight excluding hydrogens is 460 g/mol. The molecule has 2 nitrogen and oxygen atoms in total. The fourth-order valence-electron chi connectivity index (χ4n) is 6.18. The van der Waals surface area contributed by atoms with Crippen LogP contribution in [0.4, 0.5) is 0 Å². The highest BCUT2D eigenvalue weighted by Crippen LogP contribution is 2.30. The van der Waals surface area contributed by atoms with Crippen LogP contribution in [0.2, 0.25) is 0 Å². The number of nitrogens with zero attached hydrogens (tertiary/aromatic N) is 2. The first-order valence-electron chi connectivity index (χ1n) is 17.8. The molecule has 38 heavy (non-hydrogen) atoms. The summed E-state index contributed by atoms with van der Waals surface area (Å²) in [6.07, 6.45) is 42.3. The largest absolute Gasteiger partial charge is 0.332 e. The number of aromatic nitrogens is 2. The molecule has 0 spiro atoms. The zero-order chi connectivity index (χ0) is 27.5. The molecule has 0 aromatic carbocycles. The third kappa shape index (κ3) is 18.5. The van der Waals surface area contributed by atoms with Crippen molar-refractivity contribution >= 4 is 0 Å². The van der Waals surface area contributed by atoms with Crippen LogP contribution in [-0.4, -0.2) is 9.55 Å². The third-order valence-corrected chi connectivity index (χ3v) is 8.83. The van der Waals surface area contributed by atoms with Crippen molar-refractivity contribution in [2.24, 2.45) is 0 Å². The van der Waals surface area contributed by atoms with Crippen molar-refractivity contribution in [1.82, 2.24) is 9.55 Å². The molecule has 0 saturated carbocycles. The Morgan fingerprint density at radius 3 is 1.26 bits per heavy atom. The van der Waals surface area contributed by atoms with Gasteiger partial charge in [0.25, 0.3) is 0 Å². The van der Waals surface area contributed by atoms with Crippen molar-refractivity contribution in [2.75, 3.05) is 0 Å². The Hall–Kier alpha value is -0.790. The number of imidazole rings is 1. The van der Waals surface area contributed by atoms with Crippen LogP contribution in [0.1, 0.15) is 219 Å². The molecule has 224 valence electrons. The lowest BCUT2D eigenvalue weighted by molar-refractivity contribution is 0.413. The number of unbranched alkanes of at least 4 members (excludes halogenated alkanes) is 21. The Bertz CT molecular complexity index is 592. The second kappa shape index (κ2) is 26.4. The highest BCUT2D eigenvalue weighted by atomic mass is 15.1. The van der Waals surface area contributed by atoms with E-state index in [-0.39, 0.29) is 0 Å². The summed E-state index contributed by atoms with van der Waals surface area (Å²) < 4.78 is 2.56. The molecular formula is C36H70N2. The Labute approximate surface area is 240 Å². The smallest absolute Gasteiger partial charge is 0.111 e. The van der Waals surface area contributed by atoms with Crippen LogP contribution in [0.15, 0.2) is 12.4 Å². The van der Waals surface area contributed by atoms with Gasteiger partial charge in [0.2, 0.25) is 0 Å². The second-order valence-corrected chi connectivity index (χ2v) is 12.5. The minimum Gasteiger partial charge on any atom is -0.332 e. The molecule has 0 radical (unpaired) electrons. The highest BCUT2D eigenvalue weighted by molar-refractivity contribution is 5.02. The van der Waals surface area contributed by atoms with Crippen LogP contribution >= 0.6 is 0 Å². The van der Waals surface area contributed by atoms with Crippen molar-refractivity contribution in [3.63, 3.8) is 0 Å². The average Bonchev–Trinajstić information content (AvgIpc) is 3.42. The van der Waals surface area contributed by atoms with Gasteiger partial charge in [-0.15, -0.1) is 0 Å². The first-order valence-corrected chi connectivity index (χ1v) is 17.8. The van der Waals surface area contributed by atoms with E-state index in [2.05, 4.69) is 44.7 Å². The maximum absolute atomic E-state index is 4.96. The quantitative estimate of drug-likeness (QED) is 0.0941. The summed E-state index contributed by atoms with van der Waals surface area (Å²) in [4.78, 5) is 4.96. The van der Waals surface area contributed by atoms with Gasteiger partial charge < -0.3 is 4.57 Å². The molecule has 0 saturated heterocycles. The van der Waals surface area contributed by atoms with Crippen molar-refractivity contribution < 1.29 is 0 Å². The van der Waals surface area contributed by atoms with Crippen molar-refractivity contribution in [3.05, 3.63) is 18.2 Å². The summed E-state index contributed by atoms with van der Waals surface area (Å²) in [5, 5.41) is 0. The summed E-state index contributed by atoms with van der Waals surface area (Å²) in [6.45, 7) is 9.37. The van der Waals surface area contributed by atoms with Gasteiger partial charge in [-0.3, -0.25) is 0 Å². The number of hydrogen-bond acceptors (Lipinski definition) is 1. The average molecular weight is 531 g/mol. The van der Waals surface area contributed by atoms with Gasteiger partial charge in [0, 0.05) is 24.4 Å². The summed E-state index contributed by atoms with van der Waals surface area (Å²) >= 11 is 0. The molecule has 2 unspecified atom stereocenters. The summed E-state index contributed by atoms with van der Waals surface area (Å²) in [7, 11) is 0. The van der Waals surface area contributed by atoms with Crippen LogP contribution in [0.3, 0.4) is 0 Å². The SMILES string of the molecule is CCCCCCCCCCCCCCC(CCCCCC)c1nccn1C(C)CCCCCCCCCC. The van der Waals surface area contributed by atoms with Gasteiger partial charge >= 0.3 is 0 Å². The standard InChI is InChI=1S/C36H70N2/c1-5-8-11-14-16-18-19-20-21-23-25-28-31-35(30-27-13-10-7-3)36-37-32-33-38(36)34(4)29-26-24-22-17-15-12-9-6-2/h32-35H,5-31H2,1-4H3. The molecule has 0 N–H and O–H groups in total. The maximum Gasteiger partial charge on any atom is 0.111 e. The molecule has 0 aliphatic carbocycles. The minimum absolute atomic E-state index is 0.590.